The van der Waals surface area contributed by atoms with E-state index in [1.165, 1.54) is 16.7 Å². The molecule has 0 aliphatic heterocycles. The lowest BCUT2D eigenvalue weighted by atomic mass is 10.1. The van der Waals surface area contributed by atoms with Gasteiger partial charge in [0.15, 0.2) is 5.82 Å². The van der Waals surface area contributed by atoms with Gasteiger partial charge >= 0.3 is 0 Å². The molecule has 3 N–H and O–H groups in total. The van der Waals surface area contributed by atoms with E-state index in [0.717, 1.165) is 43.1 Å². The van der Waals surface area contributed by atoms with Crippen molar-refractivity contribution in [1.82, 2.24) is 15.2 Å². The van der Waals surface area contributed by atoms with Crippen LogP contribution in [-0.4, -0.2) is 21.1 Å². The smallest absolute Gasteiger partial charge is 0.217 e. The summed E-state index contributed by atoms with van der Waals surface area (Å²) < 4.78 is 0. The number of unbranched alkanes of at least 4 members (excludes halogenated alkanes) is 1. The molecule has 152 valence electrons. The molecule has 5 nitrogen and oxygen atoms in total. The third kappa shape index (κ3) is 6.75. The number of nitrogens with two attached hydrogens (primary N) is 1. The van der Waals surface area contributed by atoms with Crippen LogP contribution in [0.15, 0.2) is 54.6 Å². The van der Waals surface area contributed by atoms with Gasteiger partial charge in [0.2, 0.25) is 5.91 Å². The van der Waals surface area contributed by atoms with Gasteiger partial charge in [0, 0.05) is 30.3 Å². The molecule has 0 fully saturated rings. The molecule has 2 aromatic carbocycles. The van der Waals surface area contributed by atoms with Gasteiger partial charge in [-0.15, -0.1) is 11.8 Å². The largest absolute Gasteiger partial charge is 0.370 e. The average molecular weight is 409 g/mol. The standard InChI is InChI=1S/C23H28N4OS/c1-17-9-5-6-12-19(17)16-29-20(18-10-3-2-4-11-18)15-23-25-22(26-27-23)14-8-7-13-21(24)28/h2-6,9-12,20H,7-8,13-16H2,1H3,(H2,24,28)(H,25,26,27). The van der Waals surface area contributed by atoms with Crippen molar-refractivity contribution >= 4 is 17.7 Å². The molecule has 0 bridgehead atoms. The van der Waals surface area contributed by atoms with Gasteiger partial charge in [-0.2, -0.15) is 5.10 Å². The number of nitrogens with zero attached hydrogens (tertiary/aromatic N) is 2. The Bertz CT molecular complexity index is 910. The van der Waals surface area contributed by atoms with Gasteiger partial charge < -0.3 is 5.73 Å². The fourth-order valence-corrected chi connectivity index (χ4v) is 4.53. The van der Waals surface area contributed by atoms with Crippen LogP contribution in [0.4, 0.5) is 0 Å². The van der Waals surface area contributed by atoms with E-state index < -0.39 is 0 Å². The van der Waals surface area contributed by atoms with Crippen LogP contribution in [0.5, 0.6) is 0 Å². The van der Waals surface area contributed by atoms with Crippen molar-refractivity contribution < 1.29 is 4.79 Å². The summed E-state index contributed by atoms with van der Waals surface area (Å²) in [7, 11) is 0. The third-order valence-corrected chi connectivity index (χ3v) is 6.22. The highest BCUT2D eigenvalue weighted by molar-refractivity contribution is 7.98. The van der Waals surface area contributed by atoms with Crippen molar-refractivity contribution in [1.29, 1.82) is 0 Å². The lowest BCUT2D eigenvalue weighted by Crippen LogP contribution is -2.09. The Labute approximate surface area is 176 Å². The van der Waals surface area contributed by atoms with Gasteiger partial charge in [0.1, 0.15) is 5.82 Å². The molecule has 0 aliphatic rings. The number of rotatable bonds is 11. The molecule has 1 heterocycles. The first-order valence-electron chi connectivity index (χ1n) is 10.0. The maximum atomic E-state index is 10.8. The second kappa shape index (κ2) is 10.8. The summed E-state index contributed by atoms with van der Waals surface area (Å²) in [4.78, 5) is 15.5. The van der Waals surface area contributed by atoms with Gasteiger partial charge in [0.25, 0.3) is 0 Å². The zero-order chi connectivity index (χ0) is 20.5. The van der Waals surface area contributed by atoms with Crippen molar-refractivity contribution in [2.24, 2.45) is 5.73 Å². The number of carbonyl (C=O) groups excluding carboxylic acids is 1. The zero-order valence-electron chi connectivity index (χ0n) is 16.8. The number of benzene rings is 2. The molecule has 1 atom stereocenters. The van der Waals surface area contributed by atoms with Crippen molar-refractivity contribution in [2.45, 2.75) is 50.0 Å². The number of primary amides is 1. The first-order chi connectivity index (χ1) is 14.1. The van der Waals surface area contributed by atoms with Crippen LogP contribution in [0, 0.1) is 6.92 Å². The van der Waals surface area contributed by atoms with E-state index in [9.17, 15) is 4.79 Å². The number of hydrogen-bond donors (Lipinski definition) is 2. The average Bonchev–Trinajstić information content (AvgIpc) is 3.17. The van der Waals surface area contributed by atoms with Crippen LogP contribution >= 0.6 is 11.8 Å². The van der Waals surface area contributed by atoms with Crippen molar-refractivity contribution in [3.63, 3.8) is 0 Å². The molecule has 6 heteroatoms. The van der Waals surface area contributed by atoms with Crippen LogP contribution in [0.1, 0.15) is 52.9 Å². The molecule has 29 heavy (non-hydrogen) atoms. The van der Waals surface area contributed by atoms with Gasteiger partial charge in [-0.05, 0) is 36.5 Å². The number of aryl methyl sites for hydroxylation is 2. The van der Waals surface area contributed by atoms with Crippen molar-refractivity contribution in [3.05, 3.63) is 82.9 Å². The lowest BCUT2D eigenvalue weighted by Gasteiger charge is -2.16. The van der Waals surface area contributed by atoms with Gasteiger partial charge in [-0.25, -0.2) is 4.98 Å². The first kappa shape index (κ1) is 21.1. The van der Waals surface area contributed by atoms with E-state index in [2.05, 4.69) is 70.6 Å². The Balaban J connectivity index is 1.63. The predicted octanol–water partition coefficient (Wildman–Crippen LogP) is 4.53. The van der Waals surface area contributed by atoms with E-state index in [1.54, 1.807) is 0 Å². The molecule has 0 spiro atoms. The minimum Gasteiger partial charge on any atom is -0.370 e. The van der Waals surface area contributed by atoms with Crippen LogP contribution < -0.4 is 5.73 Å². The normalized spacial score (nSPS) is 12.0. The van der Waals surface area contributed by atoms with Gasteiger partial charge in [0.05, 0.1) is 0 Å². The fourth-order valence-electron chi connectivity index (χ4n) is 3.20. The molecule has 0 aliphatic carbocycles. The SMILES string of the molecule is Cc1ccccc1CSC(Cc1nc(CCCCC(N)=O)n[nH]1)c1ccccc1. The number of aromatic amines is 1. The Hall–Kier alpha value is -2.60. The predicted molar refractivity (Wildman–Crippen MR) is 118 cm³/mol. The fraction of sp³-hybridized carbons (Fsp3) is 0.348. The monoisotopic (exact) mass is 408 g/mol. The number of aromatic nitrogens is 3. The summed E-state index contributed by atoms with van der Waals surface area (Å²) in [6, 6.07) is 19.1. The molecule has 0 saturated heterocycles. The maximum absolute atomic E-state index is 10.8. The molecular formula is C23H28N4OS. The quantitative estimate of drug-likeness (QED) is 0.457. The second-order valence-corrected chi connectivity index (χ2v) is 8.40. The van der Waals surface area contributed by atoms with E-state index in [4.69, 9.17) is 5.73 Å². The molecule has 1 unspecified atom stereocenters. The number of carbonyl (C=O) groups is 1. The minimum absolute atomic E-state index is 0.253. The Morgan fingerprint density at radius 1 is 1.10 bits per heavy atom. The van der Waals surface area contributed by atoms with Gasteiger partial charge in [-0.3, -0.25) is 9.89 Å². The Morgan fingerprint density at radius 2 is 1.86 bits per heavy atom. The number of thioether (sulfide) groups is 1. The van der Waals surface area contributed by atoms with Crippen LogP contribution in [0.25, 0.3) is 0 Å². The van der Waals surface area contributed by atoms with Crippen LogP contribution in [-0.2, 0) is 23.4 Å². The van der Waals surface area contributed by atoms with Crippen molar-refractivity contribution in [3.8, 4) is 0 Å². The van der Waals surface area contributed by atoms with E-state index in [-0.39, 0.29) is 5.91 Å². The molecule has 3 aromatic rings. The molecule has 1 amide bonds. The number of nitrogens with one attached hydrogen (secondary N) is 1. The summed E-state index contributed by atoms with van der Waals surface area (Å²) in [6.45, 7) is 2.16. The molecule has 0 radical (unpaired) electrons. The van der Waals surface area contributed by atoms with E-state index in [0.29, 0.717) is 11.7 Å². The molecule has 3 rings (SSSR count). The van der Waals surface area contributed by atoms with Gasteiger partial charge in [-0.1, -0.05) is 54.6 Å². The summed E-state index contributed by atoms with van der Waals surface area (Å²) >= 11 is 1.93. The van der Waals surface area contributed by atoms with E-state index in [1.807, 2.05) is 17.8 Å². The maximum Gasteiger partial charge on any atom is 0.217 e. The van der Waals surface area contributed by atoms with E-state index >= 15 is 0 Å². The molecule has 1 aromatic heterocycles. The Morgan fingerprint density at radius 3 is 2.62 bits per heavy atom. The molecule has 0 saturated carbocycles. The number of hydrogen-bond acceptors (Lipinski definition) is 4. The zero-order valence-corrected chi connectivity index (χ0v) is 17.6. The van der Waals surface area contributed by atoms with Crippen LogP contribution in [0.3, 0.4) is 0 Å². The highest BCUT2D eigenvalue weighted by atomic mass is 32.2. The molecular weight excluding hydrogens is 380 g/mol. The third-order valence-electron chi connectivity index (χ3n) is 4.90. The summed E-state index contributed by atoms with van der Waals surface area (Å²) in [6.07, 6.45) is 3.62. The second-order valence-electron chi connectivity index (χ2n) is 7.21. The topological polar surface area (TPSA) is 84.7 Å². The summed E-state index contributed by atoms with van der Waals surface area (Å²) in [5.74, 6) is 2.42. The first-order valence-corrected chi connectivity index (χ1v) is 11.1. The summed E-state index contributed by atoms with van der Waals surface area (Å²) in [5.41, 5.74) is 9.17. The number of amides is 1. The Kier molecular flexibility index (Phi) is 7.87. The lowest BCUT2D eigenvalue weighted by molar-refractivity contribution is -0.118. The highest BCUT2D eigenvalue weighted by Gasteiger charge is 2.16. The summed E-state index contributed by atoms with van der Waals surface area (Å²) in [5, 5.41) is 7.75. The van der Waals surface area contributed by atoms with Crippen molar-refractivity contribution in [2.75, 3.05) is 0 Å². The highest BCUT2D eigenvalue weighted by Crippen LogP contribution is 2.34. The van der Waals surface area contributed by atoms with Crippen LogP contribution in [0.2, 0.25) is 0 Å². The minimum atomic E-state index is -0.253. The number of H-pyrrole nitrogens is 1.